The van der Waals surface area contributed by atoms with Crippen LogP contribution >= 0.6 is 27.7 Å². The van der Waals surface area contributed by atoms with E-state index < -0.39 is 0 Å². The third kappa shape index (κ3) is 3.82. The van der Waals surface area contributed by atoms with Gasteiger partial charge in [-0.1, -0.05) is 46.3 Å². The SMILES string of the molecule is COc1ccc(N2C(=O)[C@@H](CSc3ccc(Br)cc3)[C@@H]2c2ccccc2)cc1. The molecule has 0 aliphatic carbocycles. The van der Waals surface area contributed by atoms with Crippen LogP contribution in [0.15, 0.2) is 88.2 Å². The zero-order chi connectivity index (χ0) is 19.5. The predicted molar refractivity (Wildman–Crippen MR) is 118 cm³/mol. The number of anilines is 1. The van der Waals surface area contributed by atoms with Crippen molar-refractivity contribution in [2.24, 2.45) is 5.92 Å². The molecule has 0 bridgehead atoms. The van der Waals surface area contributed by atoms with Gasteiger partial charge in [-0.3, -0.25) is 4.79 Å². The first-order valence-electron chi connectivity index (χ1n) is 9.08. The second-order valence-electron chi connectivity index (χ2n) is 6.63. The van der Waals surface area contributed by atoms with Crippen molar-refractivity contribution in [1.82, 2.24) is 0 Å². The van der Waals surface area contributed by atoms with Crippen molar-refractivity contribution >= 4 is 39.3 Å². The number of ether oxygens (including phenoxy) is 1. The van der Waals surface area contributed by atoms with E-state index in [0.29, 0.717) is 0 Å². The Balaban J connectivity index is 1.57. The van der Waals surface area contributed by atoms with Crippen molar-refractivity contribution in [2.75, 3.05) is 17.8 Å². The van der Waals surface area contributed by atoms with Crippen LogP contribution in [-0.2, 0) is 4.79 Å². The van der Waals surface area contributed by atoms with E-state index >= 15 is 0 Å². The van der Waals surface area contributed by atoms with E-state index in [1.165, 1.54) is 10.5 Å². The maximum absolute atomic E-state index is 13.0. The van der Waals surface area contributed by atoms with Crippen LogP contribution in [0.1, 0.15) is 11.6 Å². The summed E-state index contributed by atoms with van der Waals surface area (Å²) in [5, 5.41) is 0. The molecule has 5 heteroatoms. The first-order chi connectivity index (χ1) is 13.7. The second-order valence-corrected chi connectivity index (χ2v) is 8.64. The van der Waals surface area contributed by atoms with E-state index in [-0.39, 0.29) is 17.9 Å². The van der Waals surface area contributed by atoms with Gasteiger partial charge in [0.15, 0.2) is 0 Å². The largest absolute Gasteiger partial charge is 0.497 e. The van der Waals surface area contributed by atoms with E-state index in [4.69, 9.17) is 4.74 Å². The van der Waals surface area contributed by atoms with Crippen molar-refractivity contribution in [3.05, 3.63) is 88.9 Å². The first kappa shape index (κ1) is 19.1. The van der Waals surface area contributed by atoms with Crippen LogP contribution in [0.3, 0.4) is 0 Å². The molecule has 0 N–H and O–H groups in total. The van der Waals surface area contributed by atoms with Crippen molar-refractivity contribution in [3.8, 4) is 5.75 Å². The molecule has 28 heavy (non-hydrogen) atoms. The van der Waals surface area contributed by atoms with Crippen molar-refractivity contribution in [2.45, 2.75) is 10.9 Å². The molecular weight excluding hydrogens is 434 g/mol. The van der Waals surface area contributed by atoms with Gasteiger partial charge in [0.05, 0.1) is 19.1 Å². The number of hydrogen-bond donors (Lipinski definition) is 0. The van der Waals surface area contributed by atoms with Gasteiger partial charge in [0.2, 0.25) is 5.91 Å². The van der Waals surface area contributed by atoms with Crippen LogP contribution in [-0.4, -0.2) is 18.8 Å². The summed E-state index contributed by atoms with van der Waals surface area (Å²) in [5.41, 5.74) is 2.07. The average molecular weight is 454 g/mol. The summed E-state index contributed by atoms with van der Waals surface area (Å²) in [7, 11) is 1.64. The third-order valence-corrected chi connectivity index (χ3v) is 6.61. The molecule has 3 nitrogen and oxygen atoms in total. The standard InChI is InChI=1S/C23H20BrNO2S/c1-27-19-11-9-18(10-12-19)25-22(16-5-3-2-4-6-16)21(23(25)26)15-28-20-13-7-17(24)8-14-20/h2-14,21-22H,15H2,1H3/t21-,22-/m0/s1. The van der Waals surface area contributed by atoms with Gasteiger partial charge in [-0.05, 0) is 54.1 Å². The van der Waals surface area contributed by atoms with Crippen molar-refractivity contribution in [3.63, 3.8) is 0 Å². The van der Waals surface area contributed by atoms with Crippen LogP contribution in [0.25, 0.3) is 0 Å². The molecule has 1 aliphatic heterocycles. The lowest BCUT2D eigenvalue weighted by Gasteiger charge is -2.47. The Bertz CT molecular complexity index is 945. The van der Waals surface area contributed by atoms with Gasteiger partial charge in [-0.2, -0.15) is 0 Å². The number of amides is 1. The summed E-state index contributed by atoms with van der Waals surface area (Å²) >= 11 is 5.20. The van der Waals surface area contributed by atoms with Crippen LogP contribution in [0.4, 0.5) is 5.69 Å². The number of thioether (sulfide) groups is 1. The molecule has 2 atom stereocenters. The van der Waals surface area contributed by atoms with Crippen LogP contribution in [0.5, 0.6) is 5.75 Å². The Hall–Kier alpha value is -2.24. The van der Waals surface area contributed by atoms with E-state index in [0.717, 1.165) is 21.7 Å². The topological polar surface area (TPSA) is 29.5 Å². The average Bonchev–Trinajstić information content (AvgIpc) is 2.74. The molecule has 1 aliphatic rings. The normalized spacial score (nSPS) is 18.6. The molecule has 0 radical (unpaired) electrons. The molecule has 1 heterocycles. The van der Waals surface area contributed by atoms with E-state index in [1.807, 2.05) is 59.5 Å². The lowest BCUT2D eigenvalue weighted by Crippen LogP contribution is -2.56. The molecule has 4 rings (SSSR count). The van der Waals surface area contributed by atoms with Gasteiger partial charge >= 0.3 is 0 Å². The number of hydrogen-bond acceptors (Lipinski definition) is 3. The van der Waals surface area contributed by atoms with Crippen molar-refractivity contribution in [1.29, 1.82) is 0 Å². The Labute approximate surface area is 177 Å². The highest BCUT2D eigenvalue weighted by Crippen LogP contribution is 2.45. The molecule has 1 amide bonds. The number of nitrogens with zero attached hydrogens (tertiary/aromatic N) is 1. The Kier molecular flexibility index (Phi) is 5.74. The molecular formula is C23H20BrNO2S. The number of β-lactam (4-membered cyclic amide) rings is 1. The smallest absolute Gasteiger partial charge is 0.233 e. The highest BCUT2D eigenvalue weighted by Gasteiger charge is 2.48. The van der Waals surface area contributed by atoms with Crippen LogP contribution < -0.4 is 9.64 Å². The summed E-state index contributed by atoms with van der Waals surface area (Å²) in [6.07, 6.45) is 0. The number of methoxy groups -OCH3 is 1. The molecule has 142 valence electrons. The Morgan fingerprint density at radius 1 is 0.964 bits per heavy atom. The van der Waals surface area contributed by atoms with Gasteiger partial charge < -0.3 is 9.64 Å². The zero-order valence-electron chi connectivity index (χ0n) is 15.4. The molecule has 0 unspecified atom stereocenters. The van der Waals surface area contributed by atoms with Crippen LogP contribution in [0.2, 0.25) is 0 Å². The van der Waals surface area contributed by atoms with E-state index in [2.05, 4.69) is 40.2 Å². The van der Waals surface area contributed by atoms with Gasteiger partial charge in [0, 0.05) is 20.8 Å². The highest BCUT2D eigenvalue weighted by molar-refractivity contribution is 9.10. The number of benzene rings is 3. The minimum absolute atomic E-state index is 0.0434. The number of carbonyl (C=O) groups is 1. The van der Waals surface area contributed by atoms with E-state index in [1.54, 1.807) is 18.9 Å². The maximum Gasteiger partial charge on any atom is 0.233 e. The highest BCUT2D eigenvalue weighted by atomic mass is 79.9. The molecule has 1 saturated heterocycles. The van der Waals surface area contributed by atoms with Gasteiger partial charge in [0.25, 0.3) is 0 Å². The summed E-state index contributed by atoms with van der Waals surface area (Å²) in [6.45, 7) is 0. The lowest BCUT2D eigenvalue weighted by molar-refractivity contribution is -0.129. The fourth-order valence-corrected chi connectivity index (χ4v) is 4.78. The Morgan fingerprint density at radius 2 is 1.64 bits per heavy atom. The Morgan fingerprint density at radius 3 is 2.29 bits per heavy atom. The molecule has 0 spiro atoms. The summed E-state index contributed by atoms with van der Waals surface area (Å²) in [6, 6.07) is 26.2. The number of rotatable bonds is 6. The fourth-order valence-electron chi connectivity index (χ4n) is 3.49. The maximum atomic E-state index is 13.0. The quantitative estimate of drug-likeness (QED) is 0.340. The fraction of sp³-hybridized carbons (Fsp3) is 0.174. The number of carbonyl (C=O) groups excluding carboxylic acids is 1. The second kappa shape index (κ2) is 8.41. The minimum atomic E-state index is -0.0434. The van der Waals surface area contributed by atoms with Gasteiger partial charge in [-0.15, -0.1) is 11.8 Å². The molecule has 3 aromatic rings. The molecule has 3 aromatic carbocycles. The van der Waals surface area contributed by atoms with Gasteiger partial charge in [0.1, 0.15) is 5.75 Å². The monoisotopic (exact) mass is 453 g/mol. The van der Waals surface area contributed by atoms with Crippen molar-refractivity contribution < 1.29 is 9.53 Å². The number of halogens is 1. The minimum Gasteiger partial charge on any atom is -0.497 e. The lowest BCUT2D eigenvalue weighted by atomic mass is 9.83. The van der Waals surface area contributed by atoms with Gasteiger partial charge in [-0.25, -0.2) is 0 Å². The molecule has 0 aromatic heterocycles. The first-order valence-corrected chi connectivity index (χ1v) is 10.9. The summed E-state index contributed by atoms with van der Waals surface area (Å²) in [4.78, 5) is 16.1. The zero-order valence-corrected chi connectivity index (χ0v) is 17.8. The predicted octanol–water partition coefficient (Wildman–Crippen LogP) is 5.95. The van der Waals surface area contributed by atoms with E-state index in [9.17, 15) is 4.79 Å². The summed E-state index contributed by atoms with van der Waals surface area (Å²) in [5.74, 6) is 1.67. The molecule has 1 fully saturated rings. The summed E-state index contributed by atoms with van der Waals surface area (Å²) < 4.78 is 6.31. The molecule has 0 saturated carbocycles. The van der Waals surface area contributed by atoms with Crippen LogP contribution in [0, 0.1) is 5.92 Å². The third-order valence-electron chi connectivity index (χ3n) is 4.95.